The van der Waals surface area contributed by atoms with Crippen molar-refractivity contribution in [2.75, 3.05) is 6.54 Å². The van der Waals surface area contributed by atoms with Crippen LogP contribution in [0.4, 0.5) is 0 Å². The van der Waals surface area contributed by atoms with Crippen molar-refractivity contribution in [3.63, 3.8) is 0 Å². The van der Waals surface area contributed by atoms with Crippen molar-refractivity contribution in [3.8, 4) is 0 Å². The summed E-state index contributed by atoms with van der Waals surface area (Å²) in [7, 11) is 0. The van der Waals surface area contributed by atoms with Crippen LogP contribution in [0, 0.1) is 0 Å². The monoisotopic (exact) mass is 285 g/mol. The van der Waals surface area contributed by atoms with Gasteiger partial charge in [0.15, 0.2) is 17.9 Å². The van der Waals surface area contributed by atoms with Crippen LogP contribution < -0.4 is 0 Å². The Labute approximate surface area is 116 Å². The highest BCUT2D eigenvalue weighted by Crippen LogP contribution is 2.44. The van der Waals surface area contributed by atoms with Gasteiger partial charge in [0.05, 0.1) is 12.6 Å². The largest absolute Gasteiger partial charge is 0.344 e. The summed E-state index contributed by atoms with van der Waals surface area (Å²) >= 11 is 0. The van der Waals surface area contributed by atoms with Crippen molar-refractivity contribution in [2.45, 2.75) is 70.0 Å². The number of nitrogens with zero attached hydrogens (tertiary/aromatic N) is 3. The number of fused-ring (bicyclic) bond motifs is 3. The number of hydrogen-bond acceptors (Lipinski definition) is 6. The Morgan fingerprint density at radius 1 is 0.950 bits per heavy atom. The van der Waals surface area contributed by atoms with E-state index in [0.717, 1.165) is 0 Å². The molecule has 0 N–H and O–H groups in total. The number of rotatable bonds is 2. The molecule has 112 valence electrons. The lowest BCUT2D eigenvalue weighted by Crippen LogP contribution is -2.55. The minimum Gasteiger partial charge on any atom is -0.344 e. The van der Waals surface area contributed by atoms with Crippen molar-refractivity contribution in [2.24, 2.45) is 5.11 Å². The lowest BCUT2D eigenvalue weighted by molar-refractivity contribution is -0.231. The van der Waals surface area contributed by atoms with Crippen molar-refractivity contribution < 1.29 is 23.7 Å². The van der Waals surface area contributed by atoms with Crippen molar-refractivity contribution in [3.05, 3.63) is 10.4 Å². The van der Waals surface area contributed by atoms with Gasteiger partial charge in [0.1, 0.15) is 18.3 Å². The third-order valence-corrected chi connectivity index (χ3v) is 3.58. The van der Waals surface area contributed by atoms with Gasteiger partial charge in [-0.05, 0) is 33.2 Å². The predicted molar refractivity (Wildman–Crippen MR) is 66.5 cm³/mol. The van der Waals surface area contributed by atoms with Crippen LogP contribution in [-0.2, 0) is 23.7 Å². The van der Waals surface area contributed by atoms with Gasteiger partial charge in [0.25, 0.3) is 0 Å². The Balaban J connectivity index is 1.85. The average molecular weight is 285 g/mol. The van der Waals surface area contributed by atoms with Crippen LogP contribution in [0.5, 0.6) is 0 Å². The zero-order valence-corrected chi connectivity index (χ0v) is 12.0. The van der Waals surface area contributed by atoms with Gasteiger partial charge in [-0.15, -0.1) is 0 Å². The van der Waals surface area contributed by atoms with Crippen LogP contribution in [0.1, 0.15) is 27.7 Å². The molecule has 3 aliphatic heterocycles. The van der Waals surface area contributed by atoms with E-state index in [4.69, 9.17) is 29.2 Å². The molecule has 3 aliphatic rings. The third-order valence-electron chi connectivity index (χ3n) is 3.58. The molecular formula is C12H19N3O5. The topological polar surface area (TPSA) is 94.9 Å². The van der Waals surface area contributed by atoms with E-state index in [1.807, 2.05) is 27.7 Å². The SMILES string of the molecule is CC1(C)O[C@@H]2O[C@@H](CN=[N+]=[N-])[C@H]3OC(C)(C)O[C@H]3[C@@H]2O1. The van der Waals surface area contributed by atoms with Crippen LogP contribution in [0.25, 0.3) is 10.4 Å². The first-order valence-electron chi connectivity index (χ1n) is 6.69. The van der Waals surface area contributed by atoms with Gasteiger partial charge >= 0.3 is 0 Å². The van der Waals surface area contributed by atoms with E-state index in [1.54, 1.807) is 0 Å². The Kier molecular flexibility index (Phi) is 3.20. The maximum Gasteiger partial charge on any atom is 0.190 e. The second-order valence-electron chi connectivity index (χ2n) is 6.12. The summed E-state index contributed by atoms with van der Waals surface area (Å²) < 4.78 is 29.2. The van der Waals surface area contributed by atoms with Gasteiger partial charge < -0.3 is 23.7 Å². The lowest BCUT2D eigenvalue weighted by Gasteiger charge is -2.36. The van der Waals surface area contributed by atoms with Crippen LogP contribution in [0.15, 0.2) is 5.11 Å². The highest BCUT2D eigenvalue weighted by molar-refractivity contribution is 5.00. The van der Waals surface area contributed by atoms with Gasteiger partial charge in [-0.3, -0.25) is 0 Å². The standard InChI is InChI=1S/C12H19N3O5/c1-11(2)17-7-6(5-14-15-13)16-10-9(8(7)18-11)19-12(3,4)20-10/h6-10H,5H2,1-4H3/t6-,7+,8+,9-,10-/m0/s1. The fourth-order valence-electron chi connectivity index (χ4n) is 2.96. The maximum atomic E-state index is 8.49. The predicted octanol–water partition coefficient (Wildman–Crippen LogP) is 1.69. The van der Waals surface area contributed by atoms with E-state index in [-0.39, 0.29) is 24.9 Å². The maximum absolute atomic E-state index is 8.49. The summed E-state index contributed by atoms with van der Waals surface area (Å²) in [5.74, 6) is -1.46. The molecular weight excluding hydrogens is 266 g/mol. The smallest absolute Gasteiger partial charge is 0.190 e. The first kappa shape index (κ1) is 14.1. The Bertz CT molecular complexity index is 448. The molecule has 8 nitrogen and oxygen atoms in total. The molecule has 0 unspecified atom stereocenters. The van der Waals surface area contributed by atoms with Crippen molar-refractivity contribution in [1.29, 1.82) is 0 Å². The Morgan fingerprint density at radius 2 is 1.55 bits per heavy atom. The average Bonchev–Trinajstić information content (AvgIpc) is 2.80. The van der Waals surface area contributed by atoms with Gasteiger partial charge in [-0.1, -0.05) is 5.11 Å². The van der Waals surface area contributed by atoms with E-state index < -0.39 is 24.0 Å². The first-order valence-corrected chi connectivity index (χ1v) is 6.69. The minimum absolute atomic E-state index is 0.171. The molecule has 5 atom stereocenters. The van der Waals surface area contributed by atoms with Gasteiger partial charge in [-0.25, -0.2) is 0 Å². The van der Waals surface area contributed by atoms with Crippen molar-refractivity contribution in [1.82, 2.24) is 0 Å². The van der Waals surface area contributed by atoms with E-state index in [0.29, 0.717) is 0 Å². The summed E-state index contributed by atoms with van der Waals surface area (Å²) in [5.41, 5.74) is 8.49. The molecule has 3 saturated heterocycles. The quantitative estimate of drug-likeness (QED) is 0.437. The first-order chi connectivity index (χ1) is 9.31. The number of ether oxygens (including phenoxy) is 5. The summed E-state index contributed by atoms with van der Waals surface area (Å²) in [6, 6.07) is 0. The summed E-state index contributed by atoms with van der Waals surface area (Å²) in [6.45, 7) is 7.50. The normalized spacial score (nSPS) is 44.5. The van der Waals surface area contributed by atoms with E-state index >= 15 is 0 Å². The Hall–Kier alpha value is -0.890. The van der Waals surface area contributed by atoms with Crippen LogP contribution in [0.3, 0.4) is 0 Å². The summed E-state index contributed by atoms with van der Waals surface area (Å²) in [5, 5.41) is 3.58. The van der Waals surface area contributed by atoms with Crippen LogP contribution in [0.2, 0.25) is 0 Å². The second-order valence-corrected chi connectivity index (χ2v) is 6.12. The van der Waals surface area contributed by atoms with E-state index in [2.05, 4.69) is 10.0 Å². The fourth-order valence-corrected chi connectivity index (χ4v) is 2.96. The molecule has 0 amide bonds. The summed E-state index contributed by atoms with van der Waals surface area (Å²) in [6.07, 6.45) is -1.93. The number of azide groups is 1. The fraction of sp³-hybridized carbons (Fsp3) is 1.00. The molecule has 0 saturated carbocycles. The third kappa shape index (κ3) is 2.39. The van der Waals surface area contributed by atoms with E-state index in [9.17, 15) is 0 Å². The lowest BCUT2D eigenvalue weighted by atomic mass is 9.99. The van der Waals surface area contributed by atoms with E-state index in [1.165, 1.54) is 0 Å². The number of hydrogen-bond donors (Lipinski definition) is 0. The Morgan fingerprint density at radius 3 is 2.25 bits per heavy atom. The molecule has 0 aromatic rings. The van der Waals surface area contributed by atoms with Crippen LogP contribution in [-0.4, -0.2) is 48.8 Å². The molecule has 3 fully saturated rings. The molecule has 3 heterocycles. The molecule has 3 rings (SSSR count). The van der Waals surface area contributed by atoms with Gasteiger partial charge in [0.2, 0.25) is 0 Å². The van der Waals surface area contributed by atoms with Crippen molar-refractivity contribution >= 4 is 0 Å². The molecule has 0 bridgehead atoms. The molecule has 0 aromatic carbocycles. The second kappa shape index (κ2) is 4.56. The van der Waals surface area contributed by atoms with Gasteiger partial charge in [0, 0.05) is 4.91 Å². The molecule has 0 radical (unpaired) electrons. The highest BCUT2D eigenvalue weighted by Gasteiger charge is 2.60. The zero-order chi connectivity index (χ0) is 14.5. The minimum atomic E-state index is -0.733. The molecule has 20 heavy (non-hydrogen) atoms. The molecule has 0 aromatic heterocycles. The zero-order valence-electron chi connectivity index (χ0n) is 12.0. The highest BCUT2D eigenvalue weighted by atomic mass is 16.9. The van der Waals surface area contributed by atoms with Gasteiger partial charge in [-0.2, -0.15) is 0 Å². The molecule has 0 aliphatic carbocycles. The molecule has 0 spiro atoms. The van der Waals surface area contributed by atoms with Crippen LogP contribution >= 0.6 is 0 Å². The molecule has 8 heteroatoms. The summed E-state index contributed by atoms with van der Waals surface area (Å²) in [4.78, 5) is 2.77.